The topological polar surface area (TPSA) is 64.6 Å². The summed E-state index contributed by atoms with van der Waals surface area (Å²) in [6.45, 7) is 0.671. The van der Waals surface area contributed by atoms with Crippen LogP contribution in [0.1, 0.15) is 43.7 Å². The van der Waals surface area contributed by atoms with E-state index in [1.807, 2.05) is 24.3 Å². The SMILES string of the molecule is COc1ccc([C@@H](NS(=O)(=O)C[C@H]2CCCCO2)C2CC2)cc1. The Hall–Kier alpha value is -1.11. The molecule has 5 nitrogen and oxygen atoms in total. The van der Waals surface area contributed by atoms with Gasteiger partial charge in [-0.25, -0.2) is 13.1 Å². The highest BCUT2D eigenvalue weighted by Crippen LogP contribution is 2.41. The predicted molar refractivity (Wildman–Crippen MR) is 89.0 cm³/mol. The third kappa shape index (κ3) is 4.68. The fraction of sp³-hybridized carbons (Fsp3) is 0.647. The minimum Gasteiger partial charge on any atom is -0.497 e. The van der Waals surface area contributed by atoms with Crippen LogP contribution in [0.25, 0.3) is 0 Å². The number of benzene rings is 1. The largest absolute Gasteiger partial charge is 0.497 e. The highest BCUT2D eigenvalue weighted by Gasteiger charge is 2.35. The summed E-state index contributed by atoms with van der Waals surface area (Å²) in [7, 11) is -1.73. The fourth-order valence-corrected chi connectivity index (χ4v) is 4.67. The summed E-state index contributed by atoms with van der Waals surface area (Å²) >= 11 is 0. The molecule has 0 bridgehead atoms. The van der Waals surface area contributed by atoms with Crippen LogP contribution in [0, 0.1) is 5.92 Å². The standard InChI is InChI=1S/C17H25NO4S/c1-21-15-9-7-14(8-10-15)17(13-5-6-13)18-23(19,20)12-16-4-2-3-11-22-16/h7-10,13,16-18H,2-6,11-12H2,1H3/t16-,17+/m1/s1. The Kier molecular flexibility index (Phi) is 5.24. The van der Waals surface area contributed by atoms with E-state index in [2.05, 4.69) is 4.72 Å². The number of nitrogens with one attached hydrogen (secondary N) is 1. The van der Waals surface area contributed by atoms with Gasteiger partial charge in [-0.05, 0) is 55.7 Å². The van der Waals surface area contributed by atoms with Gasteiger partial charge in [-0.1, -0.05) is 12.1 Å². The zero-order chi connectivity index (χ0) is 16.3. The van der Waals surface area contributed by atoms with Crippen LogP contribution in [-0.2, 0) is 14.8 Å². The van der Waals surface area contributed by atoms with Crippen molar-refractivity contribution in [2.24, 2.45) is 5.92 Å². The Bertz CT molecular complexity index is 604. The molecule has 1 aliphatic heterocycles. The van der Waals surface area contributed by atoms with E-state index in [1.54, 1.807) is 7.11 Å². The van der Waals surface area contributed by atoms with Gasteiger partial charge in [0.2, 0.25) is 10.0 Å². The molecule has 1 aromatic carbocycles. The first-order valence-corrected chi connectivity index (χ1v) is 9.98. The lowest BCUT2D eigenvalue weighted by Gasteiger charge is -2.24. The zero-order valence-corrected chi connectivity index (χ0v) is 14.3. The molecule has 1 N–H and O–H groups in total. The van der Waals surface area contributed by atoms with Gasteiger partial charge in [-0.2, -0.15) is 0 Å². The van der Waals surface area contributed by atoms with Gasteiger partial charge in [0.15, 0.2) is 0 Å². The maximum atomic E-state index is 12.5. The molecule has 0 unspecified atom stereocenters. The second-order valence-corrected chi connectivity index (χ2v) is 8.27. The number of hydrogen-bond donors (Lipinski definition) is 1. The predicted octanol–water partition coefficient (Wildman–Crippen LogP) is 2.63. The Morgan fingerprint density at radius 1 is 1.22 bits per heavy atom. The average molecular weight is 339 g/mol. The second-order valence-electron chi connectivity index (χ2n) is 6.48. The molecule has 3 rings (SSSR count). The zero-order valence-electron chi connectivity index (χ0n) is 13.5. The molecule has 2 aliphatic rings. The molecule has 0 aromatic heterocycles. The van der Waals surface area contributed by atoms with Crippen molar-refractivity contribution >= 4 is 10.0 Å². The molecule has 1 aromatic rings. The summed E-state index contributed by atoms with van der Waals surface area (Å²) in [5, 5.41) is 0. The van der Waals surface area contributed by atoms with Crippen molar-refractivity contribution in [1.29, 1.82) is 0 Å². The van der Waals surface area contributed by atoms with E-state index < -0.39 is 10.0 Å². The monoisotopic (exact) mass is 339 g/mol. The minimum atomic E-state index is -3.36. The van der Waals surface area contributed by atoms with Gasteiger partial charge >= 0.3 is 0 Å². The Labute approximate surface area is 138 Å². The third-order valence-electron chi connectivity index (χ3n) is 4.55. The molecule has 1 aliphatic carbocycles. The quantitative estimate of drug-likeness (QED) is 0.829. The normalized spacial score (nSPS) is 23.4. The Morgan fingerprint density at radius 2 is 1.96 bits per heavy atom. The van der Waals surface area contributed by atoms with Crippen molar-refractivity contribution in [2.75, 3.05) is 19.5 Å². The first-order valence-electron chi connectivity index (χ1n) is 8.33. The lowest BCUT2D eigenvalue weighted by atomic mass is 10.0. The fourth-order valence-electron chi connectivity index (χ4n) is 3.10. The minimum absolute atomic E-state index is 0.0619. The van der Waals surface area contributed by atoms with Gasteiger partial charge in [0.05, 0.1) is 19.0 Å². The maximum absolute atomic E-state index is 12.5. The van der Waals surface area contributed by atoms with Crippen molar-refractivity contribution in [3.05, 3.63) is 29.8 Å². The van der Waals surface area contributed by atoms with Crippen molar-refractivity contribution in [1.82, 2.24) is 4.72 Å². The molecule has 23 heavy (non-hydrogen) atoms. The van der Waals surface area contributed by atoms with E-state index in [1.165, 1.54) is 0 Å². The summed E-state index contributed by atoms with van der Waals surface area (Å²) in [5.41, 5.74) is 1.00. The van der Waals surface area contributed by atoms with Gasteiger partial charge in [-0.15, -0.1) is 0 Å². The van der Waals surface area contributed by atoms with E-state index in [-0.39, 0.29) is 17.9 Å². The molecule has 2 fully saturated rings. The summed E-state index contributed by atoms with van der Waals surface area (Å²) in [4.78, 5) is 0. The van der Waals surface area contributed by atoms with Gasteiger partial charge in [0.1, 0.15) is 5.75 Å². The van der Waals surface area contributed by atoms with E-state index in [4.69, 9.17) is 9.47 Å². The van der Waals surface area contributed by atoms with Gasteiger partial charge in [0.25, 0.3) is 0 Å². The van der Waals surface area contributed by atoms with Crippen LogP contribution in [0.4, 0.5) is 0 Å². The third-order valence-corrected chi connectivity index (χ3v) is 5.98. The maximum Gasteiger partial charge on any atom is 0.214 e. The van der Waals surface area contributed by atoms with Gasteiger partial charge < -0.3 is 9.47 Å². The number of hydrogen-bond acceptors (Lipinski definition) is 4. The molecule has 1 saturated carbocycles. The molecule has 128 valence electrons. The van der Waals surface area contributed by atoms with Crippen LogP contribution in [-0.4, -0.2) is 34.0 Å². The number of methoxy groups -OCH3 is 1. The molecular weight excluding hydrogens is 314 g/mol. The lowest BCUT2D eigenvalue weighted by molar-refractivity contribution is 0.0303. The lowest BCUT2D eigenvalue weighted by Crippen LogP contribution is -2.37. The molecule has 6 heteroatoms. The van der Waals surface area contributed by atoms with Crippen molar-refractivity contribution in [3.63, 3.8) is 0 Å². The Balaban J connectivity index is 1.68. The van der Waals surface area contributed by atoms with E-state index >= 15 is 0 Å². The van der Waals surface area contributed by atoms with Crippen LogP contribution in [0.5, 0.6) is 5.75 Å². The molecule has 1 saturated heterocycles. The molecule has 1 heterocycles. The van der Waals surface area contributed by atoms with Gasteiger partial charge in [0, 0.05) is 12.6 Å². The molecule has 0 spiro atoms. The van der Waals surface area contributed by atoms with Crippen LogP contribution in [0.15, 0.2) is 24.3 Å². The number of sulfonamides is 1. The van der Waals surface area contributed by atoms with Crippen LogP contribution in [0.2, 0.25) is 0 Å². The molecule has 0 radical (unpaired) electrons. The first kappa shape index (κ1) is 16.7. The smallest absolute Gasteiger partial charge is 0.214 e. The van der Waals surface area contributed by atoms with E-state index in [0.29, 0.717) is 12.5 Å². The number of rotatable bonds is 7. The summed E-state index contributed by atoms with van der Waals surface area (Å²) in [6.07, 6.45) is 4.87. The first-order chi connectivity index (χ1) is 11.1. The van der Waals surface area contributed by atoms with Gasteiger partial charge in [-0.3, -0.25) is 0 Å². The molecular formula is C17H25NO4S. The summed E-state index contributed by atoms with van der Waals surface area (Å²) in [6, 6.07) is 7.50. The summed E-state index contributed by atoms with van der Waals surface area (Å²) in [5.74, 6) is 1.24. The van der Waals surface area contributed by atoms with Crippen molar-refractivity contribution in [3.8, 4) is 5.75 Å². The Morgan fingerprint density at radius 3 is 2.52 bits per heavy atom. The average Bonchev–Trinajstić information content (AvgIpc) is 3.38. The van der Waals surface area contributed by atoms with Crippen LogP contribution in [0.3, 0.4) is 0 Å². The van der Waals surface area contributed by atoms with Crippen LogP contribution < -0.4 is 9.46 Å². The van der Waals surface area contributed by atoms with Crippen molar-refractivity contribution < 1.29 is 17.9 Å². The highest BCUT2D eigenvalue weighted by atomic mass is 32.2. The second kappa shape index (κ2) is 7.20. The highest BCUT2D eigenvalue weighted by molar-refractivity contribution is 7.89. The van der Waals surface area contributed by atoms with Crippen LogP contribution >= 0.6 is 0 Å². The summed E-state index contributed by atoms with van der Waals surface area (Å²) < 4.78 is 38.7. The molecule has 0 amide bonds. The van der Waals surface area contributed by atoms with E-state index in [0.717, 1.165) is 43.4 Å². The van der Waals surface area contributed by atoms with Crippen molar-refractivity contribution in [2.45, 2.75) is 44.2 Å². The van der Waals surface area contributed by atoms with E-state index in [9.17, 15) is 8.42 Å². The number of ether oxygens (including phenoxy) is 2. The molecule has 2 atom stereocenters.